The average molecular weight is 227 g/mol. The summed E-state index contributed by atoms with van der Waals surface area (Å²) in [7, 11) is 0. The highest BCUT2D eigenvalue weighted by atomic mass is 16.1. The van der Waals surface area contributed by atoms with Crippen LogP contribution in [0.25, 0.3) is 0 Å². The maximum absolute atomic E-state index is 11.7. The zero-order valence-electron chi connectivity index (χ0n) is 8.87. The van der Waals surface area contributed by atoms with Gasteiger partial charge >= 0.3 is 0 Å². The Bertz CT molecular complexity index is 555. The minimum Gasteiger partial charge on any atom is -0.325 e. The van der Waals surface area contributed by atoms with Crippen LogP contribution in [0.2, 0.25) is 0 Å². The highest BCUT2D eigenvalue weighted by Crippen LogP contribution is 2.05. The van der Waals surface area contributed by atoms with Crippen LogP contribution >= 0.6 is 0 Å². The summed E-state index contributed by atoms with van der Waals surface area (Å²) in [5.74, 6) is -0.110. The van der Waals surface area contributed by atoms with Crippen molar-refractivity contribution >= 4 is 11.6 Å². The quantitative estimate of drug-likeness (QED) is 0.840. The van der Waals surface area contributed by atoms with Gasteiger partial charge in [-0.1, -0.05) is 18.2 Å². The third-order valence-corrected chi connectivity index (χ3v) is 2.09. The Kier molecular flexibility index (Phi) is 3.12. The number of hydrogen-bond acceptors (Lipinski definition) is 4. The molecule has 0 aliphatic rings. The molecule has 1 heterocycles. The maximum Gasteiger partial charge on any atom is 0.244 e. The summed E-state index contributed by atoms with van der Waals surface area (Å²) in [6, 6.07) is 10.9. The van der Waals surface area contributed by atoms with Gasteiger partial charge in [0.05, 0.1) is 0 Å². The van der Waals surface area contributed by atoms with Crippen molar-refractivity contribution in [3.63, 3.8) is 0 Å². The molecule has 0 unspecified atom stereocenters. The van der Waals surface area contributed by atoms with Crippen molar-refractivity contribution in [3.8, 4) is 6.07 Å². The van der Waals surface area contributed by atoms with Gasteiger partial charge in [0.1, 0.15) is 18.9 Å². The molecule has 0 aliphatic heterocycles. The molecule has 0 bridgehead atoms. The Labute approximate surface area is 97.5 Å². The minimum atomic E-state index is -0.229. The summed E-state index contributed by atoms with van der Waals surface area (Å²) < 4.78 is 1.39. The lowest BCUT2D eigenvalue weighted by atomic mass is 10.3. The van der Waals surface area contributed by atoms with Gasteiger partial charge in [-0.25, -0.2) is 0 Å². The number of carbonyl (C=O) groups excluding carboxylic acids is 1. The first-order valence-electron chi connectivity index (χ1n) is 4.92. The van der Waals surface area contributed by atoms with Gasteiger partial charge in [-0.2, -0.15) is 5.26 Å². The second kappa shape index (κ2) is 4.90. The fourth-order valence-corrected chi connectivity index (χ4v) is 1.33. The molecule has 0 spiro atoms. The first-order chi connectivity index (χ1) is 8.29. The van der Waals surface area contributed by atoms with Crippen molar-refractivity contribution in [1.82, 2.24) is 14.8 Å². The van der Waals surface area contributed by atoms with E-state index >= 15 is 0 Å². The number of aromatic nitrogens is 3. The lowest BCUT2D eigenvalue weighted by molar-refractivity contribution is -0.116. The van der Waals surface area contributed by atoms with Crippen LogP contribution in [0.4, 0.5) is 5.69 Å². The SMILES string of the molecule is N#Cc1nncn1CC(=O)Nc1ccccc1. The fourth-order valence-electron chi connectivity index (χ4n) is 1.33. The van der Waals surface area contributed by atoms with Gasteiger partial charge in [0.2, 0.25) is 11.7 Å². The van der Waals surface area contributed by atoms with Crippen LogP contribution in [0.1, 0.15) is 5.82 Å². The Morgan fingerprint density at radius 1 is 1.41 bits per heavy atom. The van der Waals surface area contributed by atoms with Gasteiger partial charge in [0.15, 0.2) is 0 Å². The molecule has 1 N–H and O–H groups in total. The van der Waals surface area contributed by atoms with E-state index in [-0.39, 0.29) is 18.3 Å². The highest BCUT2D eigenvalue weighted by Gasteiger charge is 2.07. The Morgan fingerprint density at radius 3 is 2.88 bits per heavy atom. The van der Waals surface area contributed by atoms with E-state index in [0.29, 0.717) is 5.69 Å². The van der Waals surface area contributed by atoms with E-state index in [1.54, 1.807) is 12.1 Å². The van der Waals surface area contributed by atoms with E-state index in [9.17, 15) is 4.79 Å². The van der Waals surface area contributed by atoms with Crippen molar-refractivity contribution in [2.75, 3.05) is 5.32 Å². The standard InChI is InChI=1S/C11H9N5O/c12-6-10-15-13-8-16(10)7-11(17)14-9-4-2-1-3-5-9/h1-5,8H,7H2,(H,14,17). The largest absolute Gasteiger partial charge is 0.325 e. The van der Waals surface area contributed by atoms with Crippen molar-refractivity contribution in [1.29, 1.82) is 5.26 Å². The molecule has 1 aromatic heterocycles. The normalized spacial score (nSPS) is 9.59. The Morgan fingerprint density at radius 2 is 2.18 bits per heavy atom. The lowest BCUT2D eigenvalue weighted by Crippen LogP contribution is -2.19. The predicted molar refractivity (Wildman–Crippen MR) is 59.8 cm³/mol. The number of nitrogens with zero attached hydrogens (tertiary/aromatic N) is 4. The fraction of sp³-hybridized carbons (Fsp3) is 0.0909. The number of benzene rings is 1. The number of amides is 1. The first kappa shape index (κ1) is 10.8. The summed E-state index contributed by atoms with van der Waals surface area (Å²) in [4.78, 5) is 11.7. The van der Waals surface area contributed by atoms with E-state index in [1.165, 1.54) is 10.9 Å². The molecule has 6 heteroatoms. The van der Waals surface area contributed by atoms with E-state index in [0.717, 1.165) is 0 Å². The number of carbonyl (C=O) groups is 1. The number of anilines is 1. The molecular formula is C11H9N5O. The van der Waals surface area contributed by atoms with Gasteiger partial charge in [0, 0.05) is 5.69 Å². The van der Waals surface area contributed by atoms with Crippen LogP contribution in [-0.2, 0) is 11.3 Å². The minimum absolute atomic E-state index is 0.0186. The molecule has 84 valence electrons. The summed E-state index contributed by atoms with van der Waals surface area (Å²) in [6.45, 7) is 0.0186. The number of nitriles is 1. The van der Waals surface area contributed by atoms with Crippen LogP contribution in [-0.4, -0.2) is 20.7 Å². The second-order valence-corrected chi connectivity index (χ2v) is 3.31. The monoisotopic (exact) mass is 227 g/mol. The maximum atomic E-state index is 11.7. The van der Waals surface area contributed by atoms with Crippen LogP contribution in [0, 0.1) is 11.3 Å². The average Bonchev–Trinajstić information content (AvgIpc) is 2.77. The zero-order chi connectivity index (χ0) is 12.1. The topological polar surface area (TPSA) is 83.6 Å². The summed E-state index contributed by atoms with van der Waals surface area (Å²) >= 11 is 0. The van der Waals surface area contributed by atoms with E-state index in [4.69, 9.17) is 5.26 Å². The Hall–Kier alpha value is -2.68. The molecule has 2 rings (SSSR count). The van der Waals surface area contributed by atoms with Gasteiger partial charge < -0.3 is 5.32 Å². The van der Waals surface area contributed by atoms with Crippen molar-refractivity contribution in [2.45, 2.75) is 6.54 Å². The molecule has 1 aromatic carbocycles. The predicted octanol–water partition coefficient (Wildman–Crippen LogP) is 0.788. The molecule has 0 saturated heterocycles. The van der Waals surface area contributed by atoms with Gasteiger partial charge in [-0.15, -0.1) is 10.2 Å². The third-order valence-electron chi connectivity index (χ3n) is 2.09. The van der Waals surface area contributed by atoms with Crippen molar-refractivity contribution in [3.05, 3.63) is 42.5 Å². The number of rotatable bonds is 3. The molecule has 0 atom stereocenters. The van der Waals surface area contributed by atoms with Gasteiger partial charge in [0.25, 0.3) is 0 Å². The highest BCUT2D eigenvalue weighted by molar-refractivity contribution is 5.90. The molecule has 2 aromatic rings. The molecule has 0 aliphatic carbocycles. The lowest BCUT2D eigenvalue weighted by Gasteiger charge is -2.05. The second-order valence-electron chi connectivity index (χ2n) is 3.31. The van der Waals surface area contributed by atoms with Crippen LogP contribution in [0.3, 0.4) is 0 Å². The number of nitrogens with one attached hydrogen (secondary N) is 1. The molecule has 0 radical (unpaired) electrons. The number of hydrogen-bond donors (Lipinski definition) is 1. The van der Waals surface area contributed by atoms with Crippen molar-refractivity contribution < 1.29 is 4.79 Å². The van der Waals surface area contributed by atoms with Crippen LogP contribution in [0.15, 0.2) is 36.7 Å². The molecule has 17 heavy (non-hydrogen) atoms. The molecule has 6 nitrogen and oxygen atoms in total. The van der Waals surface area contributed by atoms with Crippen molar-refractivity contribution in [2.24, 2.45) is 0 Å². The first-order valence-corrected chi connectivity index (χ1v) is 4.92. The van der Waals surface area contributed by atoms with E-state index < -0.39 is 0 Å². The molecule has 1 amide bonds. The Balaban J connectivity index is 2.01. The number of para-hydroxylation sites is 1. The van der Waals surface area contributed by atoms with Gasteiger partial charge in [-0.3, -0.25) is 9.36 Å². The van der Waals surface area contributed by atoms with E-state index in [2.05, 4.69) is 15.5 Å². The summed E-state index contributed by atoms with van der Waals surface area (Å²) in [5.41, 5.74) is 0.712. The van der Waals surface area contributed by atoms with Crippen LogP contribution in [0.5, 0.6) is 0 Å². The molecule has 0 fully saturated rings. The third kappa shape index (κ3) is 2.66. The smallest absolute Gasteiger partial charge is 0.244 e. The molecule has 0 saturated carbocycles. The van der Waals surface area contributed by atoms with Crippen LogP contribution < -0.4 is 5.32 Å². The van der Waals surface area contributed by atoms with Gasteiger partial charge in [-0.05, 0) is 12.1 Å². The summed E-state index contributed by atoms with van der Waals surface area (Å²) in [5, 5.41) is 18.5. The summed E-state index contributed by atoms with van der Waals surface area (Å²) in [6.07, 6.45) is 1.35. The molecular weight excluding hydrogens is 218 g/mol. The zero-order valence-corrected chi connectivity index (χ0v) is 8.87. The van der Waals surface area contributed by atoms with E-state index in [1.807, 2.05) is 24.3 Å².